The summed E-state index contributed by atoms with van der Waals surface area (Å²) in [6.07, 6.45) is 4.39. The number of nitrogens with zero attached hydrogens (tertiary/aromatic N) is 4. The van der Waals surface area contributed by atoms with Gasteiger partial charge in [-0.15, -0.1) is 0 Å². The summed E-state index contributed by atoms with van der Waals surface area (Å²) in [5, 5.41) is 10.6. The Bertz CT molecular complexity index is 1030. The predicted octanol–water partition coefficient (Wildman–Crippen LogP) is 3.78. The lowest BCUT2D eigenvalue weighted by Gasteiger charge is -2.07. The molecule has 0 unspecified atom stereocenters. The molecule has 0 saturated carbocycles. The number of carbonyl (C=O) groups is 1. The first-order chi connectivity index (χ1) is 13.3. The van der Waals surface area contributed by atoms with Gasteiger partial charge in [0.05, 0.1) is 35.6 Å². The highest BCUT2D eigenvalue weighted by molar-refractivity contribution is 9.10. The van der Waals surface area contributed by atoms with E-state index in [9.17, 15) is 22.4 Å². The van der Waals surface area contributed by atoms with Gasteiger partial charge in [0.15, 0.2) is 17.5 Å². The summed E-state index contributed by atoms with van der Waals surface area (Å²) in [6.45, 7) is 1.75. The van der Waals surface area contributed by atoms with E-state index in [1.54, 1.807) is 10.9 Å². The second kappa shape index (κ2) is 8.13. The Morgan fingerprint density at radius 1 is 1.14 bits per heavy atom. The lowest BCUT2D eigenvalue weighted by atomic mass is 10.2. The minimum absolute atomic E-state index is 0.145. The molecule has 28 heavy (non-hydrogen) atoms. The van der Waals surface area contributed by atoms with E-state index in [1.807, 2.05) is 6.92 Å². The summed E-state index contributed by atoms with van der Waals surface area (Å²) in [5.74, 6) is -6.50. The Balaban J connectivity index is 1.62. The van der Waals surface area contributed by atoms with Crippen LogP contribution in [0, 0.1) is 30.2 Å². The second-order valence-corrected chi connectivity index (χ2v) is 6.83. The van der Waals surface area contributed by atoms with Gasteiger partial charge >= 0.3 is 0 Å². The molecule has 0 aliphatic rings. The average molecular weight is 460 g/mol. The summed E-state index contributed by atoms with van der Waals surface area (Å²) in [5.41, 5.74) is 0.516. The molecule has 3 aromatic rings. The molecular weight excluding hydrogens is 446 g/mol. The molecule has 0 aliphatic carbocycles. The summed E-state index contributed by atoms with van der Waals surface area (Å²) >= 11 is 3.33. The van der Waals surface area contributed by atoms with Crippen molar-refractivity contribution in [3.05, 3.63) is 63.7 Å². The van der Waals surface area contributed by atoms with Crippen LogP contribution in [0.2, 0.25) is 0 Å². The molecule has 0 bridgehead atoms. The molecule has 0 saturated heterocycles. The number of amides is 1. The highest BCUT2D eigenvalue weighted by Gasteiger charge is 2.19. The van der Waals surface area contributed by atoms with E-state index >= 15 is 0 Å². The highest BCUT2D eigenvalue weighted by atomic mass is 79.9. The van der Waals surface area contributed by atoms with Crippen LogP contribution in [-0.2, 0) is 17.9 Å². The number of anilines is 1. The fraction of sp³-hybridized carbons (Fsp3) is 0.235. The molecule has 1 amide bonds. The number of benzene rings is 1. The molecule has 0 atom stereocenters. The Kier molecular flexibility index (Phi) is 5.82. The molecule has 0 radical (unpaired) electrons. The third-order valence-corrected chi connectivity index (χ3v) is 4.82. The van der Waals surface area contributed by atoms with Crippen LogP contribution in [0.1, 0.15) is 17.7 Å². The molecule has 2 aromatic heterocycles. The van der Waals surface area contributed by atoms with E-state index in [2.05, 4.69) is 31.4 Å². The Morgan fingerprint density at radius 3 is 2.57 bits per heavy atom. The quantitative estimate of drug-likeness (QED) is 0.346. The number of hydrogen-bond acceptors (Lipinski definition) is 3. The molecule has 3 rings (SSSR count). The van der Waals surface area contributed by atoms with Gasteiger partial charge in [0.2, 0.25) is 5.91 Å². The van der Waals surface area contributed by atoms with Crippen molar-refractivity contribution in [1.82, 2.24) is 19.6 Å². The Labute approximate surface area is 165 Å². The smallest absolute Gasteiger partial charge is 0.226 e. The predicted molar refractivity (Wildman–Crippen MR) is 95.5 cm³/mol. The second-order valence-electron chi connectivity index (χ2n) is 5.97. The van der Waals surface area contributed by atoms with Crippen molar-refractivity contribution in [3.8, 4) is 0 Å². The fourth-order valence-electron chi connectivity index (χ4n) is 2.51. The van der Waals surface area contributed by atoms with Gasteiger partial charge in [0, 0.05) is 29.9 Å². The molecule has 0 spiro atoms. The maximum absolute atomic E-state index is 13.7. The number of rotatable bonds is 6. The third kappa shape index (κ3) is 4.24. The monoisotopic (exact) mass is 459 g/mol. The fourth-order valence-corrected chi connectivity index (χ4v) is 2.80. The van der Waals surface area contributed by atoms with Crippen molar-refractivity contribution in [2.75, 3.05) is 5.32 Å². The van der Waals surface area contributed by atoms with Crippen LogP contribution >= 0.6 is 15.9 Å². The van der Waals surface area contributed by atoms with E-state index < -0.39 is 35.4 Å². The maximum atomic E-state index is 13.7. The van der Waals surface area contributed by atoms with Gasteiger partial charge in [0.1, 0.15) is 5.82 Å². The van der Waals surface area contributed by atoms with Gasteiger partial charge in [-0.05, 0) is 22.9 Å². The molecule has 11 heteroatoms. The van der Waals surface area contributed by atoms with Crippen molar-refractivity contribution in [3.63, 3.8) is 0 Å². The van der Waals surface area contributed by atoms with Crippen LogP contribution in [0.15, 0.2) is 29.1 Å². The van der Waals surface area contributed by atoms with Crippen molar-refractivity contribution >= 4 is 27.5 Å². The topological polar surface area (TPSA) is 64.7 Å². The normalized spacial score (nSPS) is 11.1. The minimum Gasteiger partial charge on any atom is -0.323 e. The SMILES string of the molecule is Cc1c(Br)cnn1CCC(=O)Nc1cnn(Cc2c(F)cc(F)c(F)c2F)c1. The zero-order chi connectivity index (χ0) is 20.4. The number of aryl methyl sites for hydroxylation is 1. The summed E-state index contributed by atoms with van der Waals surface area (Å²) < 4.78 is 57.4. The number of carbonyl (C=O) groups excluding carboxylic acids is 1. The zero-order valence-electron chi connectivity index (χ0n) is 14.5. The first kappa shape index (κ1) is 20.1. The molecular formula is C17H14BrF4N5O. The van der Waals surface area contributed by atoms with Crippen LogP contribution in [-0.4, -0.2) is 25.5 Å². The Morgan fingerprint density at radius 2 is 1.89 bits per heavy atom. The van der Waals surface area contributed by atoms with Crippen molar-refractivity contribution < 1.29 is 22.4 Å². The zero-order valence-corrected chi connectivity index (χ0v) is 16.1. The number of nitrogens with one attached hydrogen (secondary N) is 1. The lowest BCUT2D eigenvalue weighted by molar-refractivity contribution is -0.116. The van der Waals surface area contributed by atoms with Gasteiger partial charge in [-0.2, -0.15) is 10.2 Å². The summed E-state index contributed by atoms with van der Waals surface area (Å²) in [6, 6.07) is 0.273. The van der Waals surface area contributed by atoms with Crippen LogP contribution in [0.4, 0.5) is 23.2 Å². The maximum Gasteiger partial charge on any atom is 0.226 e. The van der Waals surface area contributed by atoms with Gasteiger partial charge in [-0.25, -0.2) is 17.6 Å². The van der Waals surface area contributed by atoms with Gasteiger partial charge in [0.25, 0.3) is 0 Å². The summed E-state index contributed by atoms with van der Waals surface area (Å²) in [7, 11) is 0. The first-order valence-electron chi connectivity index (χ1n) is 8.08. The molecule has 2 heterocycles. The molecule has 6 nitrogen and oxygen atoms in total. The van der Waals surface area contributed by atoms with E-state index in [1.165, 1.54) is 12.4 Å². The number of aromatic nitrogens is 4. The van der Waals surface area contributed by atoms with Crippen molar-refractivity contribution in [1.29, 1.82) is 0 Å². The largest absolute Gasteiger partial charge is 0.323 e. The van der Waals surface area contributed by atoms with Gasteiger partial charge in [-0.1, -0.05) is 0 Å². The van der Waals surface area contributed by atoms with E-state index in [0.29, 0.717) is 12.2 Å². The minimum atomic E-state index is -1.75. The van der Waals surface area contributed by atoms with Crippen LogP contribution in [0.25, 0.3) is 0 Å². The van der Waals surface area contributed by atoms with E-state index in [-0.39, 0.29) is 18.4 Å². The van der Waals surface area contributed by atoms with Crippen molar-refractivity contribution in [2.24, 2.45) is 0 Å². The van der Waals surface area contributed by atoms with Crippen molar-refractivity contribution in [2.45, 2.75) is 26.4 Å². The van der Waals surface area contributed by atoms with Crippen LogP contribution in [0.3, 0.4) is 0 Å². The standard InChI is InChI=1S/C17H14BrF4N5O/c1-9-12(18)6-24-27(9)3-2-15(28)25-10-5-23-26(7-10)8-11-13(19)4-14(20)17(22)16(11)21/h4-7H,2-3,8H2,1H3,(H,25,28). The average Bonchev–Trinajstić information content (AvgIpc) is 3.22. The molecule has 1 aromatic carbocycles. The molecule has 0 fully saturated rings. The molecule has 148 valence electrons. The number of halogens is 5. The Hall–Kier alpha value is -2.69. The first-order valence-corrected chi connectivity index (χ1v) is 8.87. The summed E-state index contributed by atoms with van der Waals surface area (Å²) in [4.78, 5) is 12.0. The van der Waals surface area contributed by atoms with Gasteiger partial charge < -0.3 is 5.32 Å². The van der Waals surface area contributed by atoms with Crippen LogP contribution in [0.5, 0.6) is 0 Å². The molecule has 1 N–H and O–H groups in total. The molecule has 0 aliphatic heterocycles. The highest BCUT2D eigenvalue weighted by Crippen LogP contribution is 2.20. The number of hydrogen-bond donors (Lipinski definition) is 1. The lowest BCUT2D eigenvalue weighted by Crippen LogP contribution is -2.15. The van der Waals surface area contributed by atoms with Crippen LogP contribution < -0.4 is 5.32 Å². The van der Waals surface area contributed by atoms with E-state index in [0.717, 1.165) is 14.8 Å². The van der Waals surface area contributed by atoms with E-state index in [4.69, 9.17) is 0 Å². The van der Waals surface area contributed by atoms with Gasteiger partial charge in [-0.3, -0.25) is 14.2 Å². The third-order valence-electron chi connectivity index (χ3n) is 4.04.